The quantitative estimate of drug-likeness (QED) is 0.205. The van der Waals surface area contributed by atoms with Crippen molar-refractivity contribution in [3.63, 3.8) is 0 Å². The van der Waals surface area contributed by atoms with E-state index in [0.717, 1.165) is 36.0 Å². The number of imidazole rings is 1. The van der Waals surface area contributed by atoms with E-state index in [-0.39, 0.29) is 28.9 Å². The highest BCUT2D eigenvalue weighted by Gasteiger charge is 2.16. The molecule has 2 N–H and O–H groups in total. The van der Waals surface area contributed by atoms with Gasteiger partial charge in [0.1, 0.15) is 0 Å². The van der Waals surface area contributed by atoms with Crippen molar-refractivity contribution in [1.82, 2.24) is 24.4 Å². The maximum Gasteiger partial charge on any atom is 0.332 e. The van der Waals surface area contributed by atoms with Gasteiger partial charge in [-0.2, -0.15) is 4.98 Å². The zero-order valence-corrected chi connectivity index (χ0v) is 21.8. The van der Waals surface area contributed by atoms with Crippen LogP contribution in [0.1, 0.15) is 51.0 Å². The normalized spacial score (nSPS) is 11.2. The number of hydrogen-bond donors (Lipinski definition) is 2. The van der Waals surface area contributed by atoms with Gasteiger partial charge in [-0.3, -0.25) is 18.7 Å². The number of aromatic nitrogens is 4. The minimum atomic E-state index is -0.436. The zero-order valence-electron chi connectivity index (χ0n) is 21.0. The lowest BCUT2D eigenvalue weighted by Crippen LogP contribution is -2.40. The average molecular weight is 522 g/mol. The molecule has 4 rings (SSSR count). The molecule has 0 unspecified atom stereocenters. The number of amides is 1. The van der Waals surface area contributed by atoms with Crippen LogP contribution in [0.3, 0.4) is 0 Å². The molecular weight excluding hydrogens is 490 g/mol. The van der Waals surface area contributed by atoms with Gasteiger partial charge >= 0.3 is 5.69 Å². The lowest BCUT2D eigenvalue weighted by molar-refractivity contribution is -0.121. The lowest BCUT2D eigenvalue weighted by atomic mass is 10.0. The standard InChI is InChI=1S/C28H32ClN5O3/c1-2-3-8-16-33-25-24(31-27(29)32-25)26(36)34(28(33)37)17-9-7-15-23(35)30-19-20-11-10-14-22(18-20)21-12-5-4-6-13-21/h4-6,10-14,18H,2-3,7-9,15-17,19H2,1H3,(H,30,35)(H,31,32). The van der Waals surface area contributed by atoms with Gasteiger partial charge in [-0.1, -0.05) is 68.3 Å². The van der Waals surface area contributed by atoms with E-state index in [0.29, 0.717) is 38.0 Å². The smallest absolute Gasteiger partial charge is 0.332 e. The molecule has 0 radical (unpaired) electrons. The topological polar surface area (TPSA) is 102 Å². The molecule has 2 aromatic heterocycles. The molecule has 4 aromatic rings. The second-order valence-electron chi connectivity index (χ2n) is 9.12. The maximum atomic E-state index is 13.1. The first-order chi connectivity index (χ1) is 18.0. The highest BCUT2D eigenvalue weighted by Crippen LogP contribution is 2.20. The van der Waals surface area contributed by atoms with Gasteiger partial charge in [-0.25, -0.2) is 4.79 Å². The summed E-state index contributed by atoms with van der Waals surface area (Å²) in [5.74, 6) is -0.0646. The molecule has 0 spiro atoms. The Morgan fingerprint density at radius 2 is 1.68 bits per heavy atom. The van der Waals surface area contributed by atoms with Gasteiger partial charge in [-0.15, -0.1) is 0 Å². The van der Waals surface area contributed by atoms with Gasteiger partial charge in [0.15, 0.2) is 11.2 Å². The molecule has 0 atom stereocenters. The number of unbranched alkanes of at least 4 members (excludes halogenated alkanes) is 3. The highest BCUT2D eigenvalue weighted by atomic mass is 35.5. The van der Waals surface area contributed by atoms with Gasteiger partial charge in [0.05, 0.1) is 0 Å². The number of carbonyl (C=O) groups excluding carboxylic acids is 1. The summed E-state index contributed by atoms with van der Waals surface area (Å²) in [4.78, 5) is 45.3. The van der Waals surface area contributed by atoms with Gasteiger partial charge in [-0.05, 0) is 53.6 Å². The molecule has 0 aliphatic heterocycles. The fourth-order valence-electron chi connectivity index (χ4n) is 4.39. The second-order valence-corrected chi connectivity index (χ2v) is 9.48. The minimum absolute atomic E-state index is 0.0646. The molecule has 0 bridgehead atoms. The van der Waals surface area contributed by atoms with Gasteiger partial charge in [0.25, 0.3) is 5.56 Å². The van der Waals surface area contributed by atoms with Gasteiger partial charge in [0, 0.05) is 26.1 Å². The number of nitrogens with zero attached hydrogens (tertiary/aromatic N) is 3. The Morgan fingerprint density at radius 1 is 0.946 bits per heavy atom. The second kappa shape index (κ2) is 12.5. The number of aryl methyl sites for hydroxylation is 1. The first-order valence-corrected chi connectivity index (χ1v) is 13.2. The first kappa shape index (κ1) is 26.4. The molecule has 37 heavy (non-hydrogen) atoms. The first-order valence-electron chi connectivity index (χ1n) is 12.8. The van der Waals surface area contributed by atoms with E-state index < -0.39 is 5.56 Å². The third kappa shape index (κ3) is 6.57. The number of aromatic amines is 1. The summed E-state index contributed by atoms with van der Waals surface area (Å²) in [6, 6.07) is 18.2. The number of benzene rings is 2. The fraction of sp³-hybridized carbons (Fsp3) is 0.357. The van der Waals surface area contributed by atoms with Crippen LogP contribution in [0.15, 0.2) is 64.2 Å². The zero-order chi connectivity index (χ0) is 26.2. The van der Waals surface area contributed by atoms with Crippen LogP contribution in [0.5, 0.6) is 0 Å². The van der Waals surface area contributed by atoms with Crippen LogP contribution in [0.4, 0.5) is 0 Å². The highest BCUT2D eigenvalue weighted by molar-refractivity contribution is 6.29. The number of halogens is 1. The third-order valence-corrected chi connectivity index (χ3v) is 6.56. The monoisotopic (exact) mass is 521 g/mol. The molecule has 8 nitrogen and oxygen atoms in total. The van der Waals surface area contributed by atoms with Gasteiger partial charge < -0.3 is 10.3 Å². The van der Waals surface area contributed by atoms with Crippen LogP contribution in [0.25, 0.3) is 22.3 Å². The molecule has 0 fully saturated rings. The number of nitrogens with one attached hydrogen (secondary N) is 2. The summed E-state index contributed by atoms with van der Waals surface area (Å²) >= 11 is 5.99. The van der Waals surface area contributed by atoms with Crippen LogP contribution in [0, 0.1) is 0 Å². The van der Waals surface area contributed by atoms with Crippen LogP contribution in [-0.2, 0) is 24.4 Å². The van der Waals surface area contributed by atoms with E-state index in [9.17, 15) is 14.4 Å². The largest absolute Gasteiger partial charge is 0.352 e. The van der Waals surface area contributed by atoms with Crippen molar-refractivity contribution in [2.75, 3.05) is 0 Å². The number of H-pyrrole nitrogens is 1. The van der Waals surface area contributed by atoms with Crippen molar-refractivity contribution >= 4 is 28.7 Å². The van der Waals surface area contributed by atoms with Crippen LogP contribution in [0.2, 0.25) is 5.28 Å². The minimum Gasteiger partial charge on any atom is -0.352 e. The Hall–Kier alpha value is -3.65. The molecule has 2 aromatic carbocycles. The Labute approximate surface area is 220 Å². The van der Waals surface area contributed by atoms with Crippen molar-refractivity contribution < 1.29 is 4.79 Å². The van der Waals surface area contributed by atoms with E-state index in [1.54, 1.807) is 0 Å². The summed E-state index contributed by atoms with van der Waals surface area (Å²) < 4.78 is 2.74. The van der Waals surface area contributed by atoms with E-state index in [2.05, 4.69) is 46.5 Å². The van der Waals surface area contributed by atoms with Crippen molar-refractivity contribution in [1.29, 1.82) is 0 Å². The SMILES string of the molecule is CCCCCn1c(=O)n(CCCCC(=O)NCc2cccc(-c3ccccc3)c2)c(=O)c2[nH]c(Cl)nc21. The van der Waals surface area contributed by atoms with Crippen molar-refractivity contribution in [2.45, 2.75) is 65.1 Å². The Bertz CT molecular complexity index is 1470. The molecular formula is C28H32ClN5O3. The van der Waals surface area contributed by atoms with E-state index in [1.165, 1.54) is 9.13 Å². The molecule has 2 heterocycles. The van der Waals surface area contributed by atoms with E-state index in [1.807, 2.05) is 30.3 Å². The summed E-state index contributed by atoms with van der Waals surface area (Å²) in [6.07, 6.45) is 4.18. The lowest BCUT2D eigenvalue weighted by Gasteiger charge is -2.11. The number of fused-ring (bicyclic) bond motifs is 1. The third-order valence-electron chi connectivity index (χ3n) is 6.38. The van der Waals surface area contributed by atoms with E-state index in [4.69, 9.17) is 11.6 Å². The molecule has 0 saturated carbocycles. The van der Waals surface area contributed by atoms with Crippen molar-refractivity contribution in [2.24, 2.45) is 0 Å². The van der Waals surface area contributed by atoms with Crippen molar-refractivity contribution in [3.05, 3.63) is 86.3 Å². The number of carbonyl (C=O) groups is 1. The summed E-state index contributed by atoms with van der Waals surface area (Å²) in [5.41, 5.74) is 2.96. The van der Waals surface area contributed by atoms with Crippen LogP contribution >= 0.6 is 11.6 Å². The molecule has 194 valence electrons. The van der Waals surface area contributed by atoms with E-state index >= 15 is 0 Å². The Morgan fingerprint density at radius 3 is 2.46 bits per heavy atom. The van der Waals surface area contributed by atoms with Crippen LogP contribution in [-0.4, -0.2) is 25.0 Å². The Kier molecular flexibility index (Phi) is 8.95. The summed E-state index contributed by atoms with van der Waals surface area (Å²) in [5, 5.41) is 3.05. The predicted octanol–water partition coefficient (Wildman–Crippen LogP) is 4.88. The number of hydrogen-bond acceptors (Lipinski definition) is 4. The molecule has 0 saturated heterocycles. The summed E-state index contributed by atoms with van der Waals surface area (Å²) in [6.45, 7) is 3.23. The summed E-state index contributed by atoms with van der Waals surface area (Å²) in [7, 11) is 0. The Balaban J connectivity index is 1.33. The predicted molar refractivity (Wildman–Crippen MR) is 147 cm³/mol. The number of rotatable bonds is 12. The van der Waals surface area contributed by atoms with Crippen LogP contribution < -0.4 is 16.6 Å². The molecule has 1 amide bonds. The maximum absolute atomic E-state index is 13.1. The van der Waals surface area contributed by atoms with Crippen molar-refractivity contribution in [3.8, 4) is 11.1 Å². The molecule has 0 aliphatic carbocycles. The average Bonchev–Trinajstić information content (AvgIpc) is 3.31. The molecule has 0 aliphatic rings. The fourth-order valence-corrected chi connectivity index (χ4v) is 4.57. The molecule has 9 heteroatoms. The van der Waals surface area contributed by atoms with Gasteiger partial charge in [0.2, 0.25) is 11.2 Å².